The van der Waals surface area contributed by atoms with E-state index in [1.165, 1.54) is 4.79 Å². The Morgan fingerprint density at radius 2 is 1.95 bits per heavy atom. The number of thiocarbonyl (C=S) groups is 1. The van der Waals surface area contributed by atoms with Gasteiger partial charge in [-0.1, -0.05) is 12.2 Å². The van der Waals surface area contributed by atoms with E-state index in [1.54, 1.807) is 6.07 Å². The molecular weight excluding hydrogens is 366 g/mol. The fourth-order valence-corrected chi connectivity index (χ4v) is 3.74. The number of H-pyrrole nitrogens is 1. The molecule has 2 rings (SSSR count). The van der Waals surface area contributed by atoms with Crippen molar-refractivity contribution < 1.29 is 0 Å². The lowest BCUT2D eigenvalue weighted by Gasteiger charge is -2.49. The van der Waals surface area contributed by atoms with E-state index in [4.69, 9.17) is 12.2 Å². The third kappa shape index (κ3) is 4.11. The Kier molecular flexibility index (Phi) is 4.75. The molecule has 0 spiro atoms. The lowest BCUT2D eigenvalue weighted by Crippen LogP contribution is -2.62. The topological polar surface area (TPSA) is 65.1 Å². The van der Waals surface area contributed by atoms with Crippen LogP contribution < -0.4 is 21.2 Å². The number of nitrogens with one attached hydrogen (secondary N) is 3. The van der Waals surface area contributed by atoms with Gasteiger partial charge in [0.15, 0.2) is 3.90 Å². The van der Waals surface area contributed by atoms with Gasteiger partial charge in [0.05, 0.1) is 0 Å². The summed E-state index contributed by atoms with van der Waals surface area (Å²) in [5.41, 5.74) is 2.68. The number of aromatic amines is 1. The fourth-order valence-electron chi connectivity index (χ4n) is 3.47. The average Bonchev–Trinajstić information content (AvgIpc) is 2.65. The lowest BCUT2D eigenvalue weighted by atomic mass is 9.79. The maximum absolute atomic E-state index is 12.0. The monoisotopic (exact) mass is 389 g/mol. The lowest BCUT2D eigenvalue weighted by molar-refractivity contribution is 0.160. The Bertz CT molecular complexity index is 605. The Morgan fingerprint density at radius 3 is 2.45 bits per heavy atom. The summed E-state index contributed by atoms with van der Waals surface area (Å²) in [7, 11) is 2.02. The predicted molar refractivity (Wildman–Crippen MR) is 98.7 cm³/mol. The molecule has 124 valence electrons. The molecular formula is C14H24BrN5OS. The van der Waals surface area contributed by atoms with Crippen molar-refractivity contribution in [2.45, 2.75) is 57.7 Å². The van der Waals surface area contributed by atoms with Crippen molar-refractivity contribution in [3.63, 3.8) is 0 Å². The molecule has 3 N–H and O–H groups in total. The Labute approximate surface area is 144 Å². The number of halogens is 1. The molecule has 1 aromatic rings. The molecule has 6 nitrogen and oxygen atoms in total. The average molecular weight is 390 g/mol. The maximum Gasteiger partial charge on any atom is 0.288 e. The summed E-state index contributed by atoms with van der Waals surface area (Å²) < 4.78 is 0.356. The van der Waals surface area contributed by atoms with Crippen LogP contribution in [0.2, 0.25) is 0 Å². The third-order valence-electron chi connectivity index (χ3n) is 4.00. The van der Waals surface area contributed by atoms with Crippen LogP contribution in [0.5, 0.6) is 0 Å². The summed E-state index contributed by atoms with van der Waals surface area (Å²) in [6, 6.07) is 1.93. The Balaban J connectivity index is 2.22. The van der Waals surface area contributed by atoms with Crippen LogP contribution in [0, 0.1) is 0 Å². The van der Waals surface area contributed by atoms with E-state index < -0.39 is 0 Å². The normalized spacial score (nSPS) is 20.6. The second-order valence-electron chi connectivity index (χ2n) is 7.27. The molecule has 0 bridgehead atoms. The SMILES string of the molecule is CN(c1cc(=O)n(NC(=S)Br)[nH]1)C1CC(C)(C)NC(C)(C)C1. The summed E-state index contributed by atoms with van der Waals surface area (Å²) in [6.07, 6.45) is 2.01. The van der Waals surface area contributed by atoms with Gasteiger partial charge in [-0.15, -0.1) is 0 Å². The number of aromatic nitrogens is 2. The van der Waals surface area contributed by atoms with Gasteiger partial charge >= 0.3 is 0 Å². The minimum absolute atomic E-state index is 0.0548. The van der Waals surface area contributed by atoms with Gasteiger partial charge in [0.25, 0.3) is 5.56 Å². The predicted octanol–water partition coefficient (Wildman–Crippen LogP) is 2.15. The van der Waals surface area contributed by atoms with Crippen molar-refractivity contribution in [1.29, 1.82) is 0 Å². The molecule has 0 saturated carbocycles. The molecule has 0 aliphatic carbocycles. The van der Waals surface area contributed by atoms with Crippen molar-refractivity contribution in [2.24, 2.45) is 0 Å². The highest BCUT2D eigenvalue weighted by atomic mass is 79.9. The Morgan fingerprint density at radius 1 is 1.41 bits per heavy atom. The number of piperidine rings is 1. The smallest absolute Gasteiger partial charge is 0.288 e. The van der Waals surface area contributed by atoms with Gasteiger partial charge < -0.3 is 10.2 Å². The number of anilines is 1. The molecule has 0 unspecified atom stereocenters. The first-order chi connectivity index (χ1) is 9.99. The summed E-state index contributed by atoms with van der Waals surface area (Å²) in [5.74, 6) is 0.778. The first-order valence-corrected chi connectivity index (χ1v) is 8.50. The molecule has 2 heterocycles. The molecule has 22 heavy (non-hydrogen) atoms. The van der Waals surface area contributed by atoms with Crippen LogP contribution in [0.25, 0.3) is 0 Å². The highest BCUT2D eigenvalue weighted by molar-refractivity contribution is 9.20. The van der Waals surface area contributed by atoms with Crippen molar-refractivity contribution in [3.8, 4) is 0 Å². The zero-order valence-corrected chi connectivity index (χ0v) is 16.1. The molecule has 0 amide bonds. The van der Waals surface area contributed by atoms with Crippen LogP contribution in [0.4, 0.5) is 5.82 Å². The minimum atomic E-state index is -0.170. The summed E-state index contributed by atoms with van der Waals surface area (Å²) in [4.78, 5) is 15.4. The van der Waals surface area contributed by atoms with Crippen LogP contribution in [-0.2, 0) is 0 Å². The van der Waals surface area contributed by atoms with Crippen molar-refractivity contribution in [2.75, 3.05) is 17.4 Å². The van der Waals surface area contributed by atoms with E-state index >= 15 is 0 Å². The Hall–Kier alpha value is -0.860. The van der Waals surface area contributed by atoms with Gasteiger partial charge in [-0.2, -0.15) is 4.79 Å². The van der Waals surface area contributed by atoms with E-state index in [2.05, 4.69) is 64.4 Å². The van der Waals surface area contributed by atoms with Crippen LogP contribution in [0.3, 0.4) is 0 Å². The van der Waals surface area contributed by atoms with Gasteiger partial charge in [-0.05, 0) is 56.5 Å². The molecule has 1 aliphatic rings. The van der Waals surface area contributed by atoms with E-state index in [0.717, 1.165) is 18.7 Å². The van der Waals surface area contributed by atoms with E-state index in [0.29, 0.717) is 9.94 Å². The quantitative estimate of drug-likeness (QED) is 0.419. The molecule has 1 saturated heterocycles. The summed E-state index contributed by atoms with van der Waals surface area (Å²) in [5, 5.41) is 6.72. The highest BCUT2D eigenvalue weighted by Gasteiger charge is 2.39. The molecule has 0 radical (unpaired) electrons. The maximum atomic E-state index is 12.0. The van der Waals surface area contributed by atoms with Gasteiger partial charge in [0.1, 0.15) is 5.82 Å². The van der Waals surface area contributed by atoms with E-state index in [1.807, 2.05) is 7.05 Å². The third-order valence-corrected chi connectivity index (χ3v) is 4.27. The van der Waals surface area contributed by atoms with Crippen LogP contribution in [0.15, 0.2) is 10.9 Å². The van der Waals surface area contributed by atoms with Crippen molar-refractivity contribution >= 4 is 37.9 Å². The summed E-state index contributed by atoms with van der Waals surface area (Å²) in [6.45, 7) is 8.86. The largest absolute Gasteiger partial charge is 0.357 e. The zero-order chi connectivity index (χ0) is 16.7. The molecule has 1 aliphatic heterocycles. The van der Waals surface area contributed by atoms with Crippen molar-refractivity contribution in [1.82, 2.24) is 15.2 Å². The van der Waals surface area contributed by atoms with Crippen LogP contribution >= 0.6 is 28.1 Å². The second-order valence-corrected chi connectivity index (χ2v) is 8.99. The molecule has 1 aromatic heterocycles. The van der Waals surface area contributed by atoms with E-state index in [-0.39, 0.29) is 16.6 Å². The number of hydrogen-bond acceptors (Lipinski definition) is 4. The zero-order valence-electron chi connectivity index (χ0n) is 13.7. The molecule has 0 aromatic carbocycles. The van der Waals surface area contributed by atoms with Gasteiger partial charge in [0.2, 0.25) is 0 Å². The van der Waals surface area contributed by atoms with Gasteiger partial charge in [-0.3, -0.25) is 15.3 Å². The van der Waals surface area contributed by atoms with E-state index in [9.17, 15) is 4.79 Å². The van der Waals surface area contributed by atoms with Crippen LogP contribution in [-0.4, -0.2) is 38.0 Å². The highest BCUT2D eigenvalue weighted by Crippen LogP contribution is 2.32. The van der Waals surface area contributed by atoms with Gasteiger partial charge in [0, 0.05) is 30.2 Å². The molecule has 8 heteroatoms. The second kappa shape index (κ2) is 5.98. The first-order valence-electron chi connectivity index (χ1n) is 7.30. The summed E-state index contributed by atoms with van der Waals surface area (Å²) >= 11 is 8.02. The van der Waals surface area contributed by atoms with Crippen LogP contribution in [0.1, 0.15) is 40.5 Å². The standard InChI is InChI=1S/C14H24BrN5OS/c1-13(2)7-9(8-14(3,4)18-13)19(5)10-6-11(21)20(16-10)17-12(15)22/h6,9,16,18H,7-8H2,1-5H3,(H,17,22). The molecule has 1 fully saturated rings. The minimum Gasteiger partial charge on any atom is -0.357 e. The fraction of sp³-hybridized carbons (Fsp3) is 0.714. The number of rotatable bonds is 3. The molecule has 0 atom stereocenters. The first kappa shape index (κ1) is 17.5. The van der Waals surface area contributed by atoms with Crippen molar-refractivity contribution in [3.05, 3.63) is 16.4 Å². The number of hydrogen-bond donors (Lipinski definition) is 3. The number of nitrogens with zero attached hydrogens (tertiary/aromatic N) is 2. The van der Waals surface area contributed by atoms with Gasteiger partial charge in [-0.25, -0.2) is 0 Å².